The first-order valence-corrected chi connectivity index (χ1v) is 6.21. The van der Waals surface area contributed by atoms with Crippen molar-refractivity contribution in [2.45, 2.75) is 13.8 Å². The Morgan fingerprint density at radius 3 is 2.11 bits per heavy atom. The van der Waals surface area contributed by atoms with Crippen molar-refractivity contribution in [2.24, 2.45) is 5.73 Å². The van der Waals surface area contributed by atoms with Crippen molar-refractivity contribution in [1.29, 1.82) is 0 Å². The molecule has 0 saturated carbocycles. The van der Waals surface area contributed by atoms with Gasteiger partial charge in [0.1, 0.15) is 0 Å². The standard InChI is InChI=1S/C15H16N2S/c1-10-3-4-13(9-11(10)2)12-5-7-14(8-6-12)17-15(16)18/h3-9H,1-2H3,(H3,16,17,18). The monoisotopic (exact) mass is 256 g/mol. The zero-order valence-electron chi connectivity index (χ0n) is 10.5. The van der Waals surface area contributed by atoms with E-state index in [1.54, 1.807) is 0 Å². The van der Waals surface area contributed by atoms with Gasteiger partial charge in [0.25, 0.3) is 0 Å². The predicted molar refractivity (Wildman–Crippen MR) is 81.8 cm³/mol. The van der Waals surface area contributed by atoms with Crippen LogP contribution in [0.25, 0.3) is 11.1 Å². The number of hydrogen-bond acceptors (Lipinski definition) is 1. The van der Waals surface area contributed by atoms with Gasteiger partial charge in [-0.05, 0) is 60.5 Å². The molecule has 3 N–H and O–H groups in total. The second kappa shape index (κ2) is 5.19. The van der Waals surface area contributed by atoms with Crippen LogP contribution in [0.1, 0.15) is 11.1 Å². The molecule has 0 radical (unpaired) electrons. The van der Waals surface area contributed by atoms with Crippen molar-refractivity contribution < 1.29 is 0 Å². The highest BCUT2D eigenvalue weighted by Gasteiger charge is 2.00. The van der Waals surface area contributed by atoms with E-state index in [0.717, 1.165) is 5.69 Å². The fraction of sp³-hybridized carbons (Fsp3) is 0.133. The summed E-state index contributed by atoms with van der Waals surface area (Å²) in [5.74, 6) is 0. The van der Waals surface area contributed by atoms with Crippen molar-refractivity contribution in [2.75, 3.05) is 5.32 Å². The molecule has 0 aliphatic heterocycles. The largest absolute Gasteiger partial charge is 0.376 e. The van der Waals surface area contributed by atoms with E-state index in [9.17, 15) is 0 Å². The maximum Gasteiger partial charge on any atom is 0.168 e. The third kappa shape index (κ3) is 2.87. The van der Waals surface area contributed by atoms with Crippen molar-refractivity contribution in [3.8, 4) is 11.1 Å². The zero-order valence-corrected chi connectivity index (χ0v) is 11.3. The lowest BCUT2D eigenvalue weighted by molar-refractivity contribution is 1.34. The summed E-state index contributed by atoms with van der Waals surface area (Å²) in [4.78, 5) is 0. The zero-order chi connectivity index (χ0) is 13.1. The van der Waals surface area contributed by atoms with Crippen LogP contribution in [0.3, 0.4) is 0 Å². The molecule has 0 amide bonds. The van der Waals surface area contributed by atoms with Crippen molar-refractivity contribution in [1.82, 2.24) is 0 Å². The summed E-state index contributed by atoms with van der Waals surface area (Å²) in [6.07, 6.45) is 0. The molecule has 0 aromatic heterocycles. The minimum atomic E-state index is 0.286. The molecule has 2 rings (SSSR count). The molecule has 0 atom stereocenters. The van der Waals surface area contributed by atoms with Crippen LogP contribution >= 0.6 is 12.2 Å². The van der Waals surface area contributed by atoms with Crippen LogP contribution in [0.5, 0.6) is 0 Å². The van der Waals surface area contributed by atoms with Gasteiger partial charge in [-0.15, -0.1) is 0 Å². The first kappa shape index (κ1) is 12.6. The minimum Gasteiger partial charge on any atom is -0.376 e. The van der Waals surface area contributed by atoms with E-state index in [1.807, 2.05) is 12.1 Å². The van der Waals surface area contributed by atoms with E-state index in [1.165, 1.54) is 22.3 Å². The van der Waals surface area contributed by atoms with E-state index >= 15 is 0 Å². The minimum absolute atomic E-state index is 0.286. The summed E-state index contributed by atoms with van der Waals surface area (Å²) >= 11 is 4.80. The molecule has 2 nitrogen and oxygen atoms in total. The first-order valence-electron chi connectivity index (χ1n) is 5.80. The highest BCUT2D eigenvalue weighted by atomic mass is 32.1. The normalized spacial score (nSPS) is 10.1. The fourth-order valence-electron chi connectivity index (χ4n) is 1.81. The number of rotatable bonds is 2. The second-order valence-electron chi connectivity index (χ2n) is 4.37. The summed E-state index contributed by atoms with van der Waals surface area (Å²) in [6.45, 7) is 4.25. The average Bonchev–Trinajstić information content (AvgIpc) is 2.33. The Kier molecular flexibility index (Phi) is 3.63. The number of anilines is 1. The molecule has 0 aliphatic carbocycles. The van der Waals surface area contributed by atoms with E-state index in [-0.39, 0.29) is 5.11 Å². The number of hydrogen-bond donors (Lipinski definition) is 2. The Bertz CT molecular complexity index is 574. The Morgan fingerprint density at radius 1 is 0.944 bits per heavy atom. The van der Waals surface area contributed by atoms with Gasteiger partial charge in [0.05, 0.1) is 0 Å². The molecule has 3 heteroatoms. The van der Waals surface area contributed by atoms with Gasteiger partial charge in [-0.3, -0.25) is 0 Å². The number of aryl methyl sites for hydroxylation is 2. The quantitative estimate of drug-likeness (QED) is 0.806. The summed E-state index contributed by atoms with van der Waals surface area (Å²) in [7, 11) is 0. The van der Waals surface area contributed by atoms with Crippen molar-refractivity contribution in [3.63, 3.8) is 0 Å². The lowest BCUT2D eigenvalue weighted by Gasteiger charge is -2.07. The van der Waals surface area contributed by atoms with E-state index in [2.05, 4.69) is 49.5 Å². The van der Waals surface area contributed by atoms with Crippen LogP contribution in [0.2, 0.25) is 0 Å². The van der Waals surface area contributed by atoms with Gasteiger partial charge in [-0.2, -0.15) is 0 Å². The van der Waals surface area contributed by atoms with Crippen LogP contribution in [-0.4, -0.2) is 5.11 Å². The topological polar surface area (TPSA) is 38.0 Å². The third-order valence-electron chi connectivity index (χ3n) is 2.99. The van der Waals surface area contributed by atoms with Gasteiger partial charge in [0.15, 0.2) is 5.11 Å². The SMILES string of the molecule is Cc1ccc(-c2ccc(NC(N)=S)cc2)cc1C. The third-order valence-corrected chi connectivity index (χ3v) is 3.09. The first-order chi connectivity index (χ1) is 8.56. The van der Waals surface area contributed by atoms with Gasteiger partial charge in [0.2, 0.25) is 0 Å². The number of thiocarbonyl (C=S) groups is 1. The molecule has 18 heavy (non-hydrogen) atoms. The van der Waals surface area contributed by atoms with Crippen molar-refractivity contribution >= 4 is 23.0 Å². The Morgan fingerprint density at radius 2 is 1.56 bits per heavy atom. The maximum absolute atomic E-state index is 5.43. The molecule has 2 aromatic carbocycles. The summed E-state index contributed by atoms with van der Waals surface area (Å²) in [6, 6.07) is 14.6. The number of benzene rings is 2. The second-order valence-corrected chi connectivity index (χ2v) is 4.81. The van der Waals surface area contributed by atoms with Crippen LogP contribution in [0.4, 0.5) is 5.69 Å². The van der Waals surface area contributed by atoms with E-state index in [4.69, 9.17) is 18.0 Å². The van der Waals surface area contributed by atoms with Crippen LogP contribution < -0.4 is 11.1 Å². The van der Waals surface area contributed by atoms with Gasteiger partial charge in [-0.25, -0.2) is 0 Å². The molecule has 2 aromatic rings. The summed E-state index contributed by atoms with van der Waals surface area (Å²) in [5, 5.41) is 3.20. The Balaban J connectivity index is 2.28. The maximum atomic E-state index is 5.43. The molecule has 0 aliphatic rings. The van der Waals surface area contributed by atoms with Gasteiger partial charge in [-0.1, -0.05) is 30.3 Å². The van der Waals surface area contributed by atoms with Gasteiger partial charge >= 0.3 is 0 Å². The molecule has 0 spiro atoms. The molecule has 0 heterocycles. The van der Waals surface area contributed by atoms with Gasteiger partial charge in [0, 0.05) is 5.69 Å². The molecule has 0 fully saturated rings. The lowest BCUT2D eigenvalue weighted by atomic mass is 10.0. The van der Waals surface area contributed by atoms with Crippen LogP contribution in [-0.2, 0) is 0 Å². The van der Waals surface area contributed by atoms with E-state index in [0.29, 0.717) is 0 Å². The molecule has 0 bridgehead atoms. The smallest absolute Gasteiger partial charge is 0.168 e. The van der Waals surface area contributed by atoms with Crippen LogP contribution in [0, 0.1) is 13.8 Å². The molecule has 0 unspecified atom stereocenters. The highest BCUT2D eigenvalue weighted by molar-refractivity contribution is 7.80. The molecular formula is C15H16N2S. The van der Waals surface area contributed by atoms with E-state index < -0.39 is 0 Å². The number of nitrogens with two attached hydrogens (primary N) is 1. The summed E-state index contributed by atoms with van der Waals surface area (Å²) in [5.41, 5.74) is 11.4. The Hall–Kier alpha value is -1.87. The number of nitrogens with one attached hydrogen (secondary N) is 1. The Labute approximate surface area is 113 Å². The molecule has 0 saturated heterocycles. The lowest BCUT2D eigenvalue weighted by Crippen LogP contribution is -2.18. The molecular weight excluding hydrogens is 240 g/mol. The van der Waals surface area contributed by atoms with Crippen molar-refractivity contribution in [3.05, 3.63) is 53.6 Å². The van der Waals surface area contributed by atoms with Crippen LogP contribution in [0.15, 0.2) is 42.5 Å². The summed E-state index contributed by atoms with van der Waals surface area (Å²) < 4.78 is 0. The molecule has 92 valence electrons. The average molecular weight is 256 g/mol. The predicted octanol–water partition coefficient (Wildman–Crippen LogP) is 3.63. The highest BCUT2D eigenvalue weighted by Crippen LogP contribution is 2.23. The fourth-order valence-corrected chi connectivity index (χ4v) is 1.93. The van der Waals surface area contributed by atoms with Gasteiger partial charge < -0.3 is 11.1 Å².